The third-order valence-electron chi connectivity index (χ3n) is 5.76. The second kappa shape index (κ2) is 7.77. The maximum absolute atomic E-state index is 15.0. The number of anilines is 1. The molecule has 1 unspecified atom stereocenters. The molecule has 31 heavy (non-hydrogen) atoms. The molecule has 3 aromatic heterocycles. The molecule has 0 bridgehead atoms. The average molecular weight is 426 g/mol. The fourth-order valence-corrected chi connectivity index (χ4v) is 3.99. The van der Waals surface area contributed by atoms with Crippen LogP contribution >= 0.6 is 0 Å². The topological polar surface area (TPSA) is 114 Å². The van der Waals surface area contributed by atoms with Crippen LogP contribution in [-0.2, 0) is 0 Å². The minimum absolute atomic E-state index is 0.00295. The van der Waals surface area contributed by atoms with Crippen molar-refractivity contribution in [1.82, 2.24) is 24.9 Å². The van der Waals surface area contributed by atoms with Crippen molar-refractivity contribution >= 4 is 17.4 Å². The molecule has 2 aliphatic rings. The largest absolute Gasteiger partial charge is 0.495 e. The number of piperidine rings is 1. The van der Waals surface area contributed by atoms with Gasteiger partial charge >= 0.3 is 5.97 Å². The van der Waals surface area contributed by atoms with Crippen LogP contribution in [0.3, 0.4) is 0 Å². The number of ether oxygens (including phenoxy) is 1. The van der Waals surface area contributed by atoms with Gasteiger partial charge in [0.05, 0.1) is 13.3 Å². The number of carboxylic acid groups (broad SMARTS) is 1. The van der Waals surface area contributed by atoms with Crippen LogP contribution in [0.5, 0.6) is 5.75 Å². The lowest BCUT2D eigenvalue weighted by atomic mass is 10.1. The lowest BCUT2D eigenvalue weighted by Crippen LogP contribution is -2.39. The molecule has 1 saturated carbocycles. The van der Waals surface area contributed by atoms with E-state index >= 15 is 4.39 Å². The molecule has 3 aromatic rings. The smallest absolute Gasteiger partial charge is 0.339 e. The molecule has 0 spiro atoms. The first-order valence-electron chi connectivity index (χ1n) is 10.4. The van der Waals surface area contributed by atoms with Crippen LogP contribution in [-0.4, -0.2) is 56.9 Å². The van der Waals surface area contributed by atoms with Crippen molar-refractivity contribution in [3.05, 3.63) is 35.4 Å². The Kier molecular flexibility index (Phi) is 4.93. The minimum atomic E-state index is -1.23. The van der Waals surface area contributed by atoms with E-state index in [4.69, 9.17) is 4.74 Å². The van der Waals surface area contributed by atoms with Gasteiger partial charge in [0, 0.05) is 24.6 Å². The van der Waals surface area contributed by atoms with Crippen LogP contribution in [0.2, 0.25) is 0 Å². The number of hydrogen-bond donors (Lipinski definition) is 3. The number of pyridine rings is 1. The van der Waals surface area contributed by atoms with Crippen molar-refractivity contribution in [2.24, 2.45) is 0 Å². The van der Waals surface area contributed by atoms with Crippen LogP contribution in [0.25, 0.3) is 17.0 Å². The summed E-state index contributed by atoms with van der Waals surface area (Å²) in [7, 11) is 1.59. The number of nitrogens with one attached hydrogen (secondary N) is 2. The third-order valence-corrected chi connectivity index (χ3v) is 5.76. The molecule has 1 aliphatic heterocycles. The average Bonchev–Trinajstić information content (AvgIpc) is 3.54. The van der Waals surface area contributed by atoms with Crippen LogP contribution in [0, 0.1) is 5.82 Å². The first-order chi connectivity index (χ1) is 15.0. The highest BCUT2D eigenvalue weighted by molar-refractivity contribution is 5.93. The number of methoxy groups -OCH3 is 1. The summed E-state index contributed by atoms with van der Waals surface area (Å²) in [5.74, 6) is -0.853. The Morgan fingerprint density at radius 2 is 2.19 bits per heavy atom. The van der Waals surface area contributed by atoms with Gasteiger partial charge in [-0.3, -0.25) is 0 Å². The summed E-state index contributed by atoms with van der Waals surface area (Å²) in [6.07, 6.45) is 5.40. The zero-order valence-electron chi connectivity index (χ0n) is 17.1. The van der Waals surface area contributed by atoms with E-state index in [0.717, 1.165) is 44.0 Å². The first-order valence-corrected chi connectivity index (χ1v) is 10.4. The van der Waals surface area contributed by atoms with Crippen LogP contribution in [0.1, 0.15) is 47.7 Å². The van der Waals surface area contributed by atoms with Gasteiger partial charge in [-0.25, -0.2) is 23.7 Å². The molecule has 3 N–H and O–H groups in total. The molecule has 0 radical (unpaired) electrons. The van der Waals surface area contributed by atoms with Gasteiger partial charge in [-0.05, 0) is 38.3 Å². The highest BCUT2D eigenvalue weighted by Crippen LogP contribution is 2.43. The van der Waals surface area contributed by atoms with Gasteiger partial charge < -0.3 is 20.5 Å². The molecule has 5 rings (SSSR count). The molecule has 9 nitrogen and oxygen atoms in total. The number of aromatic nitrogens is 4. The van der Waals surface area contributed by atoms with Gasteiger partial charge in [0.2, 0.25) is 0 Å². The maximum atomic E-state index is 15.0. The SMILES string of the molecule is COc1cc2ncc(-c3nc(NC4CCCNC4)c(C(=O)O)cc3F)n2nc1C1CC1. The van der Waals surface area contributed by atoms with E-state index < -0.39 is 11.8 Å². The second-order valence-corrected chi connectivity index (χ2v) is 7.99. The van der Waals surface area contributed by atoms with E-state index in [-0.39, 0.29) is 23.1 Å². The van der Waals surface area contributed by atoms with Gasteiger partial charge in [-0.2, -0.15) is 5.10 Å². The quantitative estimate of drug-likeness (QED) is 0.551. The minimum Gasteiger partial charge on any atom is -0.495 e. The fraction of sp³-hybridized carbons (Fsp3) is 0.429. The summed E-state index contributed by atoms with van der Waals surface area (Å²) >= 11 is 0. The standard InChI is InChI=1S/C21H23FN6O3/c1-31-16-8-17-24-10-15(28(17)27-18(16)11-4-5-11)19-14(22)7-13(21(29)30)20(26-19)25-12-3-2-6-23-9-12/h7-8,10-12,23H,2-6,9H2,1H3,(H,25,26)(H,29,30). The number of halogens is 1. The van der Waals surface area contributed by atoms with Crippen LogP contribution < -0.4 is 15.4 Å². The van der Waals surface area contributed by atoms with Gasteiger partial charge in [-0.15, -0.1) is 0 Å². The summed E-state index contributed by atoms with van der Waals surface area (Å²) < 4.78 is 22.0. The van der Waals surface area contributed by atoms with Crippen molar-refractivity contribution in [3.63, 3.8) is 0 Å². The molecule has 162 valence electrons. The van der Waals surface area contributed by atoms with Crippen molar-refractivity contribution in [2.75, 3.05) is 25.5 Å². The van der Waals surface area contributed by atoms with E-state index in [1.807, 2.05) is 0 Å². The number of aromatic carboxylic acids is 1. The molecule has 1 atom stereocenters. The molecule has 1 saturated heterocycles. The van der Waals surface area contributed by atoms with Crippen molar-refractivity contribution in [2.45, 2.75) is 37.6 Å². The molecular weight excluding hydrogens is 403 g/mol. The van der Waals surface area contributed by atoms with Crippen LogP contribution in [0.15, 0.2) is 18.3 Å². The summed E-state index contributed by atoms with van der Waals surface area (Å²) in [6.45, 7) is 1.61. The monoisotopic (exact) mass is 426 g/mol. The zero-order chi connectivity index (χ0) is 21.5. The third kappa shape index (κ3) is 3.67. The summed E-state index contributed by atoms with van der Waals surface area (Å²) in [4.78, 5) is 20.4. The van der Waals surface area contributed by atoms with Crippen molar-refractivity contribution in [1.29, 1.82) is 0 Å². The second-order valence-electron chi connectivity index (χ2n) is 7.99. The maximum Gasteiger partial charge on any atom is 0.339 e. The summed E-state index contributed by atoms with van der Waals surface area (Å²) in [6, 6.07) is 2.80. The number of fused-ring (bicyclic) bond motifs is 1. The van der Waals surface area contributed by atoms with E-state index in [2.05, 4.69) is 25.7 Å². The molecule has 0 aromatic carbocycles. The summed E-state index contributed by atoms with van der Waals surface area (Å²) in [5.41, 5.74) is 1.48. The Morgan fingerprint density at radius 1 is 1.35 bits per heavy atom. The van der Waals surface area contributed by atoms with Gasteiger partial charge in [0.1, 0.15) is 34.2 Å². The lowest BCUT2D eigenvalue weighted by molar-refractivity contribution is 0.0697. The van der Waals surface area contributed by atoms with E-state index in [9.17, 15) is 9.90 Å². The number of rotatable bonds is 6. The first kappa shape index (κ1) is 19.7. The number of carbonyl (C=O) groups is 1. The molecular formula is C21H23FN6O3. The Bertz CT molecular complexity index is 1150. The van der Waals surface area contributed by atoms with Crippen molar-refractivity contribution in [3.8, 4) is 17.1 Å². The predicted molar refractivity (Wildman–Crippen MR) is 111 cm³/mol. The van der Waals surface area contributed by atoms with Gasteiger partial charge in [0.25, 0.3) is 0 Å². The number of nitrogens with zero attached hydrogens (tertiary/aromatic N) is 4. The van der Waals surface area contributed by atoms with E-state index in [0.29, 0.717) is 29.6 Å². The van der Waals surface area contributed by atoms with Gasteiger partial charge in [-0.1, -0.05) is 0 Å². The number of imidazole rings is 1. The summed E-state index contributed by atoms with van der Waals surface area (Å²) in [5, 5.41) is 20.7. The number of hydrogen-bond acceptors (Lipinski definition) is 7. The van der Waals surface area contributed by atoms with E-state index in [1.165, 1.54) is 6.20 Å². The van der Waals surface area contributed by atoms with E-state index in [1.54, 1.807) is 17.7 Å². The molecule has 10 heteroatoms. The normalized spacial score (nSPS) is 18.8. The van der Waals surface area contributed by atoms with Gasteiger partial charge in [0.15, 0.2) is 11.5 Å². The lowest BCUT2D eigenvalue weighted by Gasteiger charge is -2.25. The fourth-order valence-electron chi connectivity index (χ4n) is 3.99. The Labute approximate surface area is 177 Å². The predicted octanol–water partition coefficient (Wildman–Crippen LogP) is 2.68. The Morgan fingerprint density at radius 3 is 2.87 bits per heavy atom. The van der Waals surface area contributed by atoms with Crippen molar-refractivity contribution < 1.29 is 19.0 Å². The number of carboxylic acids is 1. The Balaban J connectivity index is 1.60. The molecule has 1 aliphatic carbocycles. The molecule has 2 fully saturated rings. The highest BCUT2D eigenvalue weighted by atomic mass is 19.1. The Hall–Kier alpha value is -3.27. The molecule has 0 amide bonds. The zero-order valence-corrected chi connectivity index (χ0v) is 17.1. The van der Waals surface area contributed by atoms with Crippen LogP contribution in [0.4, 0.5) is 10.2 Å². The highest BCUT2D eigenvalue weighted by Gasteiger charge is 2.30. The molecule has 4 heterocycles.